The summed E-state index contributed by atoms with van der Waals surface area (Å²) in [4.78, 5) is 7.23. The lowest BCUT2D eigenvalue weighted by Gasteiger charge is -2.44. The third-order valence-corrected chi connectivity index (χ3v) is 4.22. The van der Waals surface area contributed by atoms with Crippen LogP contribution in [-0.2, 0) is 0 Å². The summed E-state index contributed by atoms with van der Waals surface area (Å²) >= 11 is 0. The highest BCUT2D eigenvalue weighted by Crippen LogP contribution is 2.36. The van der Waals surface area contributed by atoms with Gasteiger partial charge in [-0.3, -0.25) is 0 Å². The van der Waals surface area contributed by atoms with E-state index in [1.165, 1.54) is 37.3 Å². The average molecular weight is 231 g/mol. The number of aryl methyl sites for hydroxylation is 1. The predicted molar refractivity (Wildman–Crippen MR) is 71.6 cm³/mol. The lowest BCUT2D eigenvalue weighted by Crippen LogP contribution is -2.49. The van der Waals surface area contributed by atoms with Crippen molar-refractivity contribution < 1.29 is 0 Å². The van der Waals surface area contributed by atoms with Crippen LogP contribution in [0.2, 0.25) is 0 Å². The number of nitrogens with zero attached hydrogens (tertiary/aromatic N) is 2. The number of nitrogens with one attached hydrogen (secondary N) is 1. The van der Waals surface area contributed by atoms with Gasteiger partial charge in [0, 0.05) is 24.8 Å². The number of hydrogen-bond donors (Lipinski definition) is 1. The van der Waals surface area contributed by atoms with Crippen molar-refractivity contribution in [3.8, 4) is 0 Å². The lowest BCUT2D eigenvalue weighted by atomic mass is 9.88. The van der Waals surface area contributed by atoms with Gasteiger partial charge in [0.05, 0.1) is 5.69 Å². The van der Waals surface area contributed by atoms with Crippen LogP contribution in [0.1, 0.15) is 31.9 Å². The molecule has 2 atom stereocenters. The highest BCUT2D eigenvalue weighted by Gasteiger charge is 2.32. The minimum absolute atomic E-state index is 0.649. The van der Waals surface area contributed by atoms with Gasteiger partial charge in [0.25, 0.3) is 0 Å². The summed E-state index contributed by atoms with van der Waals surface area (Å²) in [7, 11) is 0. The van der Waals surface area contributed by atoms with Gasteiger partial charge in [0.15, 0.2) is 5.82 Å². The highest BCUT2D eigenvalue weighted by molar-refractivity contribution is 5.69. The fourth-order valence-corrected chi connectivity index (χ4v) is 3.10. The minimum atomic E-state index is 0.649. The van der Waals surface area contributed by atoms with Crippen molar-refractivity contribution in [2.75, 3.05) is 23.3 Å². The standard InChI is InChI=1S/C14H21N3/c1-3-11-6-7-17-12(8-11)9-15-13-5-4-10(2)16-14(13)17/h4-5,11-12,15H,3,6-9H2,1-2H3. The Morgan fingerprint density at radius 2 is 2.35 bits per heavy atom. The predicted octanol–water partition coefficient (Wildman–Crippen LogP) is 2.81. The topological polar surface area (TPSA) is 28.2 Å². The van der Waals surface area contributed by atoms with Gasteiger partial charge in [-0.25, -0.2) is 4.98 Å². The molecule has 1 saturated heterocycles. The first kappa shape index (κ1) is 10.9. The monoisotopic (exact) mass is 231 g/mol. The van der Waals surface area contributed by atoms with Crippen LogP contribution in [0, 0.1) is 12.8 Å². The first-order chi connectivity index (χ1) is 8.28. The average Bonchev–Trinajstić information content (AvgIpc) is 2.37. The minimum Gasteiger partial charge on any atom is -0.380 e. The molecule has 0 aliphatic carbocycles. The van der Waals surface area contributed by atoms with E-state index in [2.05, 4.69) is 36.2 Å². The molecule has 0 amide bonds. The molecule has 3 nitrogen and oxygen atoms in total. The van der Waals surface area contributed by atoms with Crippen molar-refractivity contribution in [2.45, 2.75) is 39.2 Å². The Morgan fingerprint density at radius 1 is 1.47 bits per heavy atom. The van der Waals surface area contributed by atoms with Gasteiger partial charge in [-0.2, -0.15) is 0 Å². The van der Waals surface area contributed by atoms with Crippen molar-refractivity contribution in [1.82, 2.24) is 4.98 Å². The van der Waals surface area contributed by atoms with E-state index in [4.69, 9.17) is 4.98 Å². The zero-order valence-corrected chi connectivity index (χ0v) is 10.7. The van der Waals surface area contributed by atoms with Gasteiger partial charge < -0.3 is 10.2 Å². The molecule has 1 fully saturated rings. The van der Waals surface area contributed by atoms with Crippen molar-refractivity contribution in [1.29, 1.82) is 0 Å². The summed E-state index contributed by atoms with van der Waals surface area (Å²) in [5, 5.41) is 3.53. The molecule has 0 spiro atoms. The van der Waals surface area contributed by atoms with E-state index in [9.17, 15) is 0 Å². The molecule has 0 saturated carbocycles. The van der Waals surface area contributed by atoms with Crippen molar-refractivity contribution in [2.24, 2.45) is 5.92 Å². The summed E-state index contributed by atoms with van der Waals surface area (Å²) < 4.78 is 0. The van der Waals surface area contributed by atoms with E-state index in [0.717, 1.165) is 18.2 Å². The van der Waals surface area contributed by atoms with Crippen LogP contribution in [0.25, 0.3) is 0 Å². The Bertz CT molecular complexity index is 416. The molecule has 0 bridgehead atoms. The van der Waals surface area contributed by atoms with Crippen molar-refractivity contribution in [3.63, 3.8) is 0 Å². The molecular formula is C14H21N3. The molecule has 1 aromatic heterocycles. The van der Waals surface area contributed by atoms with Gasteiger partial charge in [-0.05, 0) is 37.8 Å². The molecule has 3 heteroatoms. The number of piperidine rings is 1. The Kier molecular flexibility index (Phi) is 2.69. The van der Waals surface area contributed by atoms with Gasteiger partial charge in [0.1, 0.15) is 0 Å². The smallest absolute Gasteiger partial charge is 0.152 e. The molecule has 1 N–H and O–H groups in total. The molecule has 92 valence electrons. The fraction of sp³-hybridized carbons (Fsp3) is 0.643. The maximum atomic E-state index is 4.71. The molecule has 3 rings (SSSR count). The maximum absolute atomic E-state index is 4.71. The van der Waals surface area contributed by atoms with Gasteiger partial charge >= 0.3 is 0 Å². The molecule has 0 radical (unpaired) electrons. The number of hydrogen-bond acceptors (Lipinski definition) is 3. The summed E-state index contributed by atoms with van der Waals surface area (Å²) in [6.45, 7) is 6.64. The van der Waals surface area contributed by atoms with E-state index in [1.54, 1.807) is 0 Å². The van der Waals surface area contributed by atoms with Crippen LogP contribution in [0.3, 0.4) is 0 Å². The number of rotatable bonds is 1. The van der Waals surface area contributed by atoms with Crippen LogP contribution in [0.4, 0.5) is 11.5 Å². The SMILES string of the molecule is CCC1CCN2c3nc(C)ccc3NCC2C1. The second kappa shape index (κ2) is 4.21. The van der Waals surface area contributed by atoms with E-state index >= 15 is 0 Å². The van der Waals surface area contributed by atoms with Gasteiger partial charge in [-0.15, -0.1) is 0 Å². The summed E-state index contributed by atoms with van der Waals surface area (Å²) in [5.41, 5.74) is 2.32. The zero-order valence-electron chi connectivity index (χ0n) is 10.7. The Labute approximate surface area is 103 Å². The second-order valence-electron chi connectivity index (χ2n) is 5.35. The highest BCUT2D eigenvalue weighted by atomic mass is 15.3. The van der Waals surface area contributed by atoms with Crippen molar-refractivity contribution >= 4 is 11.5 Å². The molecule has 0 aromatic carbocycles. The molecular weight excluding hydrogens is 210 g/mol. The molecule has 17 heavy (non-hydrogen) atoms. The molecule has 2 aliphatic heterocycles. The largest absolute Gasteiger partial charge is 0.380 e. The first-order valence-corrected chi connectivity index (χ1v) is 6.76. The zero-order chi connectivity index (χ0) is 11.8. The van der Waals surface area contributed by atoms with E-state index in [0.29, 0.717) is 6.04 Å². The Morgan fingerprint density at radius 3 is 3.18 bits per heavy atom. The van der Waals surface area contributed by atoms with Crippen molar-refractivity contribution in [3.05, 3.63) is 17.8 Å². The Balaban J connectivity index is 1.89. The summed E-state index contributed by atoms with van der Waals surface area (Å²) in [5.74, 6) is 2.08. The molecule has 1 aromatic rings. The first-order valence-electron chi connectivity index (χ1n) is 6.76. The number of pyridine rings is 1. The lowest BCUT2D eigenvalue weighted by molar-refractivity contribution is 0.334. The number of aromatic nitrogens is 1. The molecule has 2 unspecified atom stereocenters. The molecule has 3 heterocycles. The van der Waals surface area contributed by atoms with E-state index < -0.39 is 0 Å². The van der Waals surface area contributed by atoms with Crippen LogP contribution < -0.4 is 10.2 Å². The quantitative estimate of drug-likeness (QED) is 0.805. The molecule has 2 aliphatic rings. The fourth-order valence-electron chi connectivity index (χ4n) is 3.10. The third-order valence-electron chi connectivity index (χ3n) is 4.22. The maximum Gasteiger partial charge on any atom is 0.152 e. The van der Waals surface area contributed by atoms with Crippen LogP contribution in [0.5, 0.6) is 0 Å². The van der Waals surface area contributed by atoms with Crippen LogP contribution >= 0.6 is 0 Å². The van der Waals surface area contributed by atoms with Crippen LogP contribution in [0.15, 0.2) is 12.1 Å². The van der Waals surface area contributed by atoms with Gasteiger partial charge in [0.2, 0.25) is 0 Å². The second-order valence-corrected chi connectivity index (χ2v) is 5.35. The number of fused-ring (bicyclic) bond motifs is 3. The van der Waals surface area contributed by atoms with Gasteiger partial charge in [-0.1, -0.05) is 13.3 Å². The summed E-state index contributed by atoms with van der Waals surface area (Å²) in [6, 6.07) is 4.90. The normalized spacial score (nSPS) is 27.1. The third kappa shape index (κ3) is 1.88. The van der Waals surface area contributed by atoms with E-state index in [1.807, 2.05) is 0 Å². The van der Waals surface area contributed by atoms with E-state index in [-0.39, 0.29) is 0 Å². The number of anilines is 2. The van der Waals surface area contributed by atoms with Crippen LogP contribution in [-0.4, -0.2) is 24.1 Å². The summed E-state index contributed by atoms with van der Waals surface area (Å²) in [6.07, 6.45) is 3.96. The Hall–Kier alpha value is -1.25.